The second-order valence-corrected chi connectivity index (χ2v) is 3.64. The van der Waals surface area contributed by atoms with E-state index in [1.165, 1.54) is 5.57 Å². The summed E-state index contributed by atoms with van der Waals surface area (Å²) in [6.45, 7) is 4.19. The molecule has 1 aromatic carbocycles. The van der Waals surface area contributed by atoms with Crippen LogP contribution in [-0.2, 0) is 0 Å². The molecule has 0 radical (unpaired) electrons. The topological polar surface area (TPSA) is 26.0 Å². The Bertz CT molecular complexity index is 336. The Balaban J connectivity index is 2.72. The van der Waals surface area contributed by atoms with Crippen LogP contribution >= 0.6 is 0 Å². The lowest BCUT2D eigenvalue weighted by Crippen LogP contribution is -2.11. The fourth-order valence-corrected chi connectivity index (χ4v) is 1.38. The van der Waals surface area contributed by atoms with Gasteiger partial charge in [-0.25, -0.2) is 0 Å². The largest absolute Gasteiger partial charge is 0.321 e. The first-order valence-electron chi connectivity index (χ1n) is 5.39. The standard InChI is InChI=1S/C14H19N/c1-3-4-6-9-12(2)14(15)13-10-7-5-8-11-13/h4-11,14H,3,15H2,1-2H3/b6-4-,12-9+. The Morgan fingerprint density at radius 2 is 2.00 bits per heavy atom. The van der Waals surface area contributed by atoms with E-state index in [4.69, 9.17) is 5.73 Å². The van der Waals surface area contributed by atoms with Gasteiger partial charge < -0.3 is 5.73 Å². The highest BCUT2D eigenvalue weighted by molar-refractivity contribution is 5.28. The first kappa shape index (κ1) is 11.7. The van der Waals surface area contributed by atoms with Gasteiger partial charge in [-0.05, 0) is 18.9 Å². The van der Waals surface area contributed by atoms with Crippen LogP contribution in [0.1, 0.15) is 31.9 Å². The van der Waals surface area contributed by atoms with Crippen molar-refractivity contribution in [3.63, 3.8) is 0 Å². The molecule has 1 nitrogen and oxygen atoms in total. The summed E-state index contributed by atoms with van der Waals surface area (Å²) in [4.78, 5) is 0. The molecule has 0 bridgehead atoms. The van der Waals surface area contributed by atoms with Gasteiger partial charge in [-0.2, -0.15) is 0 Å². The van der Waals surface area contributed by atoms with E-state index >= 15 is 0 Å². The molecule has 1 rings (SSSR count). The van der Waals surface area contributed by atoms with Crippen LogP contribution in [-0.4, -0.2) is 0 Å². The van der Waals surface area contributed by atoms with E-state index in [1.807, 2.05) is 18.2 Å². The summed E-state index contributed by atoms with van der Waals surface area (Å²) in [6, 6.07) is 10.2. The minimum absolute atomic E-state index is 0.00714. The lowest BCUT2D eigenvalue weighted by atomic mass is 10.0. The summed E-state index contributed by atoms with van der Waals surface area (Å²) in [5.74, 6) is 0. The van der Waals surface area contributed by atoms with Crippen molar-refractivity contribution < 1.29 is 0 Å². The van der Waals surface area contributed by atoms with Gasteiger partial charge in [0.25, 0.3) is 0 Å². The minimum atomic E-state index is 0.00714. The molecule has 0 saturated carbocycles. The predicted molar refractivity (Wildman–Crippen MR) is 66.6 cm³/mol. The normalized spacial score (nSPS) is 14.5. The van der Waals surface area contributed by atoms with E-state index < -0.39 is 0 Å². The van der Waals surface area contributed by atoms with Crippen molar-refractivity contribution in [1.29, 1.82) is 0 Å². The van der Waals surface area contributed by atoms with Crippen molar-refractivity contribution >= 4 is 0 Å². The summed E-state index contributed by atoms with van der Waals surface area (Å²) < 4.78 is 0. The van der Waals surface area contributed by atoms with Crippen LogP contribution < -0.4 is 5.73 Å². The van der Waals surface area contributed by atoms with Crippen LogP contribution in [0.4, 0.5) is 0 Å². The molecule has 0 aliphatic heterocycles. The lowest BCUT2D eigenvalue weighted by molar-refractivity contribution is 0.846. The third-order valence-corrected chi connectivity index (χ3v) is 2.38. The van der Waals surface area contributed by atoms with Gasteiger partial charge in [-0.1, -0.05) is 61.1 Å². The van der Waals surface area contributed by atoms with Gasteiger partial charge in [0.2, 0.25) is 0 Å². The summed E-state index contributed by atoms with van der Waals surface area (Å²) in [5.41, 5.74) is 8.47. The zero-order valence-electron chi connectivity index (χ0n) is 9.48. The van der Waals surface area contributed by atoms with E-state index in [-0.39, 0.29) is 6.04 Å². The smallest absolute Gasteiger partial charge is 0.0511 e. The van der Waals surface area contributed by atoms with Gasteiger partial charge in [0.05, 0.1) is 6.04 Å². The molecule has 1 aromatic rings. The van der Waals surface area contributed by atoms with Gasteiger partial charge in [0.1, 0.15) is 0 Å². The van der Waals surface area contributed by atoms with Crippen LogP contribution in [0.25, 0.3) is 0 Å². The number of hydrogen-bond acceptors (Lipinski definition) is 1. The summed E-state index contributed by atoms with van der Waals surface area (Å²) in [7, 11) is 0. The molecule has 2 N–H and O–H groups in total. The maximum absolute atomic E-state index is 6.12. The Hall–Kier alpha value is -1.34. The van der Waals surface area contributed by atoms with Crippen LogP contribution in [0.15, 0.2) is 54.1 Å². The van der Waals surface area contributed by atoms with Crippen molar-refractivity contribution in [2.24, 2.45) is 5.73 Å². The van der Waals surface area contributed by atoms with Crippen LogP contribution in [0.5, 0.6) is 0 Å². The van der Waals surface area contributed by atoms with Gasteiger partial charge in [-0.3, -0.25) is 0 Å². The van der Waals surface area contributed by atoms with E-state index in [9.17, 15) is 0 Å². The second kappa shape index (κ2) is 6.20. The number of allylic oxidation sites excluding steroid dienone is 3. The number of nitrogens with two attached hydrogens (primary N) is 1. The summed E-state index contributed by atoms with van der Waals surface area (Å²) >= 11 is 0. The maximum atomic E-state index is 6.12. The first-order chi connectivity index (χ1) is 7.25. The van der Waals surface area contributed by atoms with E-state index in [0.29, 0.717) is 0 Å². The maximum Gasteiger partial charge on any atom is 0.0511 e. The average Bonchev–Trinajstić information content (AvgIpc) is 2.29. The molecule has 0 amide bonds. The highest BCUT2D eigenvalue weighted by atomic mass is 14.6. The molecule has 0 aliphatic rings. The lowest BCUT2D eigenvalue weighted by Gasteiger charge is -2.11. The number of rotatable bonds is 4. The van der Waals surface area contributed by atoms with Gasteiger partial charge in [0.15, 0.2) is 0 Å². The SMILES string of the molecule is CC/C=C\C=C(/C)C(N)c1ccccc1. The summed E-state index contributed by atoms with van der Waals surface area (Å²) in [5, 5.41) is 0. The van der Waals surface area contributed by atoms with E-state index in [1.54, 1.807) is 0 Å². The number of hydrogen-bond donors (Lipinski definition) is 1. The van der Waals surface area contributed by atoms with Crippen molar-refractivity contribution in [2.45, 2.75) is 26.3 Å². The average molecular weight is 201 g/mol. The molecule has 0 aromatic heterocycles. The highest BCUT2D eigenvalue weighted by Crippen LogP contribution is 2.17. The monoisotopic (exact) mass is 201 g/mol. The van der Waals surface area contributed by atoms with Crippen LogP contribution in [0, 0.1) is 0 Å². The fourth-order valence-electron chi connectivity index (χ4n) is 1.38. The molecule has 0 heterocycles. The van der Waals surface area contributed by atoms with Gasteiger partial charge in [-0.15, -0.1) is 0 Å². The summed E-state index contributed by atoms with van der Waals surface area (Å²) in [6.07, 6.45) is 7.34. The molecule has 0 aliphatic carbocycles. The Morgan fingerprint density at radius 1 is 1.33 bits per heavy atom. The number of benzene rings is 1. The first-order valence-corrected chi connectivity index (χ1v) is 5.39. The minimum Gasteiger partial charge on any atom is -0.321 e. The molecule has 0 fully saturated rings. The zero-order valence-corrected chi connectivity index (χ0v) is 9.48. The van der Waals surface area contributed by atoms with Crippen LogP contribution in [0.3, 0.4) is 0 Å². The molecule has 1 atom stereocenters. The van der Waals surface area contributed by atoms with E-state index in [0.717, 1.165) is 12.0 Å². The predicted octanol–water partition coefficient (Wildman–Crippen LogP) is 3.60. The Labute approximate surface area is 92.3 Å². The molecule has 0 saturated heterocycles. The molecular weight excluding hydrogens is 182 g/mol. The Kier molecular flexibility index (Phi) is 4.85. The van der Waals surface area contributed by atoms with Crippen molar-refractivity contribution in [3.05, 3.63) is 59.7 Å². The van der Waals surface area contributed by atoms with Gasteiger partial charge >= 0.3 is 0 Å². The third-order valence-electron chi connectivity index (χ3n) is 2.38. The molecule has 1 unspecified atom stereocenters. The Morgan fingerprint density at radius 3 is 2.60 bits per heavy atom. The van der Waals surface area contributed by atoms with Gasteiger partial charge in [0, 0.05) is 0 Å². The zero-order chi connectivity index (χ0) is 11.1. The quantitative estimate of drug-likeness (QED) is 0.740. The van der Waals surface area contributed by atoms with Crippen molar-refractivity contribution in [3.8, 4) is 0 Å². The van der Waals surface area contributed by atoms with Crippen LogP contribution in [0.2, 0.25) is 0 Å². The van der Waals surface area contributed by atoms with Crippen molar-refractivity contribution in [2.75, 3.05) is 0 Å². The molecule has 80 valence electrons. The molecule has 15 heavy (non-hydrogen) atoms. The third kappa shape index (κ3) is 3.72. The second-order valence-electron chi connectivity index (χ2n) is 3.64. The molecule has 0 spiro atoms. The molecular formula is C14H19N. The van der Waals surface area contributed by atoms with Crippen molar-refractivity contribution in [1.82, 2.24) is 0 Å². The van der Waals surface area contributed by atoms with E-state index in [2.05, 4.69) is 44.2 Å². The highest BCUT2D eigenvalue weighted by Gasteiger charge is 2.05. The fraction of sp³-hybridized carbons (Fsp3) is 0.286. The molecule has 1 heteroatoms.